The molecule has 0 unspecified atom stereocenters. The predicted octanol–water partition coefficient (Wildman–Crippen LogP) is 3.12. The van der Waals surface area contributed by atoms with Gasteiger partial charge in [0, 0.05) is 25.3 Å². The highest BCUT2D eigenvalue weighted by molar-refractivity contribution is 5.83. The normalized spacial score (nSPS) is 11.3. The number of nitrogens with zero attached hydrogens (tertiary/aromatic N) is 2. The van der Waals surface area contributed by atoms with E-state index in [0.717, 1.165) is 23.0 Å². The van der Waals surface area contributed by atoms with Crippen LogP contribution in [-0.4, -0.2) is 15.6 Å². The van der Waals surface area contributed by atoms with E-state index in [1.807, 2.05) is 23.9 Å². The van der Waals surface area contributed by atoms with Crippen LogP contribution in [0.4, 0.5) is 0 Å². The van der Waals surface area contributed by atoms with E-state index in [9.17, 15) is 4.79 Å². The molecule has 0 radical (unpaired) electrons. The number of ketones is 1. The first-order chi connectivity index (χ1) is 8.58. The van der Waals surface area contributed by atoms with Crippen molar-refractivity contribution in [2.75, 3.05) is 0 Å². The van der Waals surface area contributed by atoms with E-state index in [4.69, 9.17) is 0 Å². The lowest BCUT2D eigenvalue weighted by atomic mass is 10.0. The van der Waals surface area contributed by atoms with Crippen molar-refractivity contribution in [2.24, 2.45) is 13.0 Å². The molecule has 1 aromatic heterocycles. The minimum Gasteiger partial charge on any atom is -0.300 e. The van der Waals surface area contributed by atoms with Crippen molar-refractivity contribution in [2.45, 2.75) is 33.1 Å². The van der Waals surface area contributed by atoms with Crippen LogP contribution in [0.3, 0.4) is 0 Å². The van der Waals surface area contributed by atoms with Gasteiger partial charge in [0.1, 0.15) is 5.78 Å². The molecule has 3 heteroatoms. The number of hydrogen-bond donors (Lipinski definition) is 0. The second-order valence-corrected chi connectivity index (χ2v) is 5.22. The van der Waals surface area contributed by atoms with Gasteiger partial charge in [0.15, 0.2) is 0 Å². The van der Waals surface area contributed by atoms with Crippen LogP contribution in [0.2, 0.25) is 0 Å². The SMILES string of the molecule is CC(C)CC(=O)CCc1nn(C)c2ccccc12. The first-order valence-electron chi connectivity index (χ1n) is 6.50. The van der Waals surface area contributed by atoms with Crippen molar-refractivity contribution in [3.05, 3.63) is 30.0 Å². The number of Topliss-reactive ketones (excluding diaryl/α,β-unsaturated/α-hetero) is 1. The van der Waals surface area contributed by atoms with Crippen LogP contribution >= 0.6 is 0 Å². The number of carbonyl (C=O) groups excluding carboxylic acids is 1. The van der Waals surface area contributed by atoms with Gasteiger partial charge in [-0.25, -0.2) is 0 Å². The van der Waals surface area contributed by atoms with Crippen LogP contribution in [-0.2, 0) is 18.3 Å². The lowest BCUT2D eigenvalue weighted by Crippen LogP contribution is -2.04. The standard InChI is InChI=1S/C15H20N2O/c1-11(2)10-12(18)8-9-14-13-6-4-5-7-15(13)17(3)16-14/h4-7,11H,8-10H2,1-3H3. The van der Waals surface area contributed by atoms with E-state index in [1.54, 1.807) is 0 Å². The molecule has 0 saturated heterocycles. The number of para-hydroxylation sites is 1. The zero-order valence-electron chi connectivity index (χ0n) is 11.3. The molecule has 0 fully saturated rings. The first-order valence-corrected chi connectivity index (χ1v) is 6.50. The van der Waals surface area contributed by atoms with Gasteiger partial charge in [-0.15, -0.1) is 0 Å². The Bertz CT molecular complexity index is 555. The summed E-state index contributed by atoms with van der Waals surface area (Å²) >= 11 is 0. The molecule has 0 bridgehead atoms. The van der Waals surface area contributed by atoms with Crippen LogP contribution in [0.25, 0.3) is 10.9 Å². The third-order valence-corrected chi connectivity index (χ3v) is 3.11. The van der Waals surface area contributed by atoms with Gasteiger partial charge >= 0.3 is 0 Å². The topological polar surface area (TPSA) is 34.9 Å². The molecule has 0 aliphatic heterocycles. The van der Waals surface area contributed by atoms with Gasteiger partial charge in [-0.05, 0) is 18.4 Å². The van der Waals surface area contributed by atoms with Crippen LogP contribution in [0.15, 0.2) is 24.3 Å². The second-order valence-electron chi connectivity index (χ2n) is 5.22. The lowest BCUT2D eigenvalue weighted by molar-refractivity contribution is -0.119. The summed E-state index contributed by atoms with van der Waals surface area (Å²) in [6, 6.07) is 8.16. The van der Waals surface area contributed by atoms with Crippen LogP contribution in [0.1, 0.15) is 32.4 Å². The van der Waals surface area contributed by atoms with Crippen molar-refractivity contribution >= 4 is 16.7 Å². The van der Waals surface area contributed by atoms with E-state index >= 15 is 0 Å². The monoisotopic (exact) mass is 244 g/mol. The number of aromatic nitrogens is 2. The van der Waals surface area contributed by atoms with Crippen LogP contribution < -0.4 is 0 Å². The molecule has 0 spiro atoms. The summed E-state index contributed by atoms with van der Waals surface area (Å²) in [5.74, 6) is 0.776. The number of benzene rings is 1. The highest BCUT2D eigenvalue weighted by Crippen LogP contribution is 2.19. The molecule has 0 amide bonds. The molecule has 96 valence electrons. The average Bonchev–Trinajstić information content (AvgIpc) is 2.64. The molecule has 0 saturated carbocycles. The Labute approximate surface area is 108 Å². The number of hydrogen-bond acceptors (Lipinski definition) is 2. The molecule has 2 rings (SSSR count). The molecular weight excluding hydrogens is 224 g/mol. The first kappa shape index (κ1) is 12.8. The Morgan fingerprint density at radius 1 is 1.33 bits per heavy atom. The fraction of sp³-hybridized carbons (Fsp3) is 0.467. The zero-order valence-corrected chi connectivity index (χ0v) is 11.3. The van der Waals surface area contributed by atoms with Crippen molar-refractivity contribution in [3.63, 3.8) is 0 Å². The van der Waals surface area contributed by atoms with Gasteiger partial charge in [-0.1, -0.05) is 32.0 Å². The Morgan fingerprint density at radius 3 is 2.78 bits per heavy atom. The third-order valence-electron chi connectivity index (χ3n) is 3.11. The maximum absolute atomic E-state index is 11.7. The zero-order chi connectivity index (χ0) is 13.1. The maximum atomic E-state index is 11.7. The number of carbonyl (C=O) groups is 1. The van der Waals surface area contributed by atoms with Gasteiger partial charge < -0.3 is 0 Å². The van der Waals surface area contributed by atoms with E-state index in [2.05, 4.69) is 31.1 Å². The molecule has 0 atom stereocenters. The van der Waals surface area contributed by atoms with Crippen molar-refractivity contribution < 1.29 is 4.79 Å². The summed E-state index contributed by atoms with van der Waals surface area (Å²) in [4.78, 5) is 11.7. The van der Waals surface area contributed by atoms with Crippen molar-refractivity contribution in [1.82, 2.24) is 9.78 Å². The fourth-order valence-corrected chi connectivity index (χ4v) is 2.29. The number of rotatable bonds is 5. The van der Waals surface area contributed by atoms with Crippen LogP contribution in [0, 0.1) is 5.92 Å². The smallest absolute Gasteiger partial charge is 0.133 e. The van der Waals surface area contributed by atoms with E-state index < -0.39 is 0 Å². The summed E-state index contributed by atoms with van der Waals surface area (Å²) in [7, 11) is 1.95. The third kappa shape index (κ3) is 2.78. The van der Waals surface area contributed by atoms with Gasteiger partial charge in [0.2, 0.25) is 0 Å². The highest BCUT2D eigenvalue weighted by Gasteiger charge is 2.10. The summed E-state index contributed by atoms with van der Waals surface area (Å²) in [6.07, 6.45) is 2.01. The molecule has 18 heavy (non-hydrogen) atoms. The number of fused-ring (bicyclic) bond motifs is 1. The molecular formula is C15H20N2O. The molecule has 0 N–H and O–H groups in total. The molecule has 0 aliphatic rings. The molecule has 0 aliphatic carbocycles. The summed E-state index contributed by atoms with van der Waals surface area (Å²) in [6.45, 7) is 4.15. The summed E-state index contributed by atoms with van der Waals surface area (Å²) < 4.78 is 1.89. The minimum absolute atomic E-state index is 0.333. The van der Waals surface area contributed by atoms with Gasteiger partial charge in [0.25, 0.3) is 0 Å². The van der Waals surface area contributed by atoms with Crippen molar-refractivity contribution in [3.8, 4) is 0 Å². The Kier molecular flexibility index (Phi) is 3.80. The Morgan fingerprint density at radius 2 is 2.06 bits per heavy atom. The molecule has 1 heterocycles. The predicted molar refractivity (Wildman–Crippen MR) is 73.5 cm³/mol. The minimum atomic E-state index is 0.333. The highest BCUT2D eigenvalue weighted by atomic mass is 16.1. The van der Waals surface area contributed by atoms with Gasteiger partial charge in [-0.2, -0.15) is 5.10 Å². The second kappa shape index (κ2) is 5.34. The quantitative estimate of drug-likeness (QED) is 0.810. The van der Waals surface area contributed by atoms with Gasteiger partial charge in [-0.3, -0.25) is 9.48 Å². The Balaban J connectivity index is 2.10. The largest absolute Gasteiger partial charge is 0.300 e. The Hall–Kier alpha value is -1.64. The summed E-state index contributed by atoms with van der Waals surface area (Å²) in [5, 5.41) is 5.67. The number of aryl methyl sites for hydroxylation is 2. The molecule has 3 nitrogen and oxygen atoms in total. The molecule has 1 aromatic carbocycles. The van der Waals surface area contributed by atoms with E-state index in [1.165, 1.54) is 0 Å². The lowest BCUT2D eigenvalue weighted by Gasteiger charge is -2.02. The van der Waals surface area contributed by atoms with E-state index in [-0.39, 0.29) is 0 Å². The van der Waals surface area contributed by atoms with E-state index in [0.29, 0.717) is 24.5 Å². The van der Waals surface area contributed by atoms with Gasteiger partial charge in [0.05, 0.1) is 11.2 Å². The molecule has 2 aromatic rings. The average molecular weight is 244 g/mol. The van der Waals surface area contributed by atoms with Crippen molar-refractivity contribution in [1.29, 1.82) is 0 Å². The summed E-state index contributed by atoms with van der Waals surface area (Å²) in [5.41, 5.74) is 2.16. The maximum Gasteiger partial charge on any atom is 0.133 e. The van der Waals surface area contributed by atoms with Crippen LogP contribution in [0.5, 0.6) is 0 Å². The fourth-order valence-electron chi connectivity index (χ4n) is 2.29.